The van der Waals surface area contributed by atoms with Gasteiger partial charge in [-0.3, -0.25) is 9.59 Å². The average molecular weight is 349 g/mol. The Kier molecular flexibility index (Phi) is 4.94. The number of rotatable bonds is 7. The number of thiophene rings is 1. The number of aryl methyl sites for hydroxylation is 1. The van der Waals surface area contributed by atoms with Gasteiger partial charge in [0.05, 0.1) is 16.8 Å². The molecule has 0 radical (unpaired) electrons. The number of hydrogen-bond donors (Lipinski definition) is 2. The summed E-state index contributed by atoms with van der Waals surface area (Å²) in [6.45, 7) is 0. The van der Waals surface area contributed by atoms with Gasteiger partial charge in [0, 0.05) is 12.8 Å². The number of carboxylic acid groups (broad SMARTS) is 1. The molecule has 1 fully saturated rings. The maximum atomic E-state index is 12.2. The summed E-state index contributed by atoms with van der Waals surface area (Å²) in [5.41, 5.74) is -0.597. The first-order valence-electron chi connectivity index (χ1n) is 7.96. The number of hydrogen-bond acceptors (Lipinski definition) is 6. The molecule has 2 aromatic heterocycles. The first kappa shape index (κ1) is 16.6. The molecular formula is C16H19N3O4S. The zero-order valence-corrected chi connectivity index (χ0v) is 14.0. The van der Waals surface area contributed by atoms with Crippen LogP contribution in [0.3, 0.4) is 0 Å². The lowest BCUT2D eigenvalue weighted by atomic mass is 9.93. The van der Waals surface area contributed by atoms with E-state index >= 15 is 0 Å². The van der Waals surface area contributed by atoms with Gasteiger partial charge in [0.1, 0.15) is 0 Å². The second kappa shape index (κ2) is 7.12. The fourth-order valence-corrected chi connectivity index (χ4v) is 3.78. The Morgan fingerprint density at radius 2 is 2.17 bits per heavy atom. The fourth-order valence-electron chi connectivity index (χ4n) is 3.13. The highest BCUT2D eigenvalue weighted by Crippen LogP contribution is 2.32. The molecule has 0 unspecified atom stereocenters. The normalized spacial score (nSPS) is 16.2. The minimum Gasteiger partial charge on any atom is -0.481 e. The Bertz CT molecular complexity index is 705. The van der Waals surface area contributed by atoms with E-state index in [-0.39, 0.29) is 18.7 Å². The van der Waals surface area contributed by atoms with Crippen molar-refractivity contribution in [3.8, 4) is 10.7 Å². The quantitative estimate of drug-likeness (QED) is 0.796. The molecule has 2 aromatic rings. The summed E-state index contributed by atoms with van der Waals surface area (Å²) in [5.74, 6) is -0.116. The van der Waals surface area contributed by atoms with Crippen LogP contribution < -0.4 is 5.32 Å². The van der Waals surface area contributed by atoms with Crippen molar-refractivity contribution in [2.24, 2.45) is 0 Å². The van der Waals surface area contributed by atoms with E-state index in [9.17, 15) is 9.59 Å². The van der Waals surface area contributed by atoms with Gasteiger partial charge in [0.25, 0.3) is 0 Å². The Balaban J connectivity index is 1.54. The largest absolute Gasteiger partial charge is 0.481 e. The third-order valence-corrected chi connectivity index (χ3v) is 5.10. The first-order chi connectivity index (χ1) is 11.6. The molecule has 1 aliphatic rings. The van der Waals surface area contributed by atoms with E-state index in [0.717, 1.165) is 17.7 Å². The van der Waals surface area contributed by atoms with Crippen molar-refractivity contribution in [2.75, 3.05) is 0 Å². The molecule has 128 valence electrons. The molecule has 0 aliphatic heterocycles. The number of carboxylic acids is 1. The van der Waals surface area contributed by atoms with Gasteiger partial charge in [-0.1, -0.05) is 24.1 Å². The summed E-state index contributed by atoms with van der Waals surface area (Å²) < 4.78 is 5.17. The highest BCUT2D eigenvalue weighted by atomic mass is 32.1. The molecule has 8 heteroatoms. The van der Waals surface area contributed by atoms with Crippen LogP contribution in [0.1, 0.15) is 44.4 Å². The zero-order valence-electron chi connectivity index (χ0n) is 13.2. The summed E-state index contributed by atoms with van der Waals surface area (Å²) in [5, 5.41) is 17.8. The standard InChI is InChI=1S/C16H19N3O4S/c20-12(18-16(10-14(21)22)7-1-2-8-16)5-6-13-17-15(19-23-13)11-4-3-9-24-11/h3-4,9H,1-2,5-8,10H2,(H,18,20)(H,21,22). The van der Waals surface area contributed by atoms with Gasteiger partial charge in [0.15, 0.2) is 0 Å². The van der Waals surface area contributed by atoms with E-state index in [1.807, 2.05) is 17.5 Å². The molecule has 0 bridgehead atoms. The van der Waals surface area contributed by atoms with Crippen molar-refractivity contribution < 1.29 is 19.2 Å². The summed E-state index contributed by atoms with van der Waals surface area (Å²) in [6, 6.07) is 3.81. The molecular weight excluding hydrogens is 330 g/mol. The van der Waals surface area contributed by atoms with Gasteiger partial charge >= 0.3 is 5.97 Å². The van der Waals surface area contributed by atoms with Crippen LogP contribution in [0.5, 0.6) is 0 Å². The molecule has 3 rings (SSSR count). The second-order valence-electron chi connectivity index (χ2n) is 6.10. The highest BCUT2D eigenvalue weighted by Gasteiger charge is 2.37. The Morgan fingerprint density at radius 3 is 2.83 bits per heavy atom. The third-order valence-electron chi connectivity index (χ3n) is 4.23. The fraction of sp³-hybridized carbons (Fsp3) is 0.500. The van der Waals surface area contributed by atoms with E-state index in [1.54, 1.807) is 0 Å². The molecule has 0 spiro atoms. The lowest BCUT2D eigenvalue weighted by Crippen LogP contribution is -2.47. The lowest BCUT2D eigenvalue weighted by molar-refractivity contribution is -0.139. The summed E-state index contributed by atoms with van der Waals surface area (Å²) in [6.07, 6.45) is 3.84. The van der Waals surface area contributed by atoms with Crippen molar-refractivity contribution >= 4 is 23.2 Å². The maximum Gasteiger partial charge on any atom is 0.305 e. The van der Waals surface area contributed by atoms with Crippen molar-refractivity contribution in [3.05, 3.63) is 23.4 Å². The number of carbonyl (C=O) groups is 2. The predicted octanol–water partition coefficient (Wildman–Crippen LogP) is 2.63. The van der Waals surface area contributed by atoms with Crippen molar-refractivity contribution in [1.29, 1.82) is 0 Å². The van der Waals surface area contributed by atoms with Crippen molar-refractivity contribution in [2.45, 2.75) is 50.5 Å². The number of nitrogens with one attached hydrogen (secondary N) is 1. The first-order valence-corrected chi connectivity index (χ1v) is 8.84. The minimum atomic E-state index is -0.880. The molecule has 2 heterocycles. The maximum absolute atomic E-state index is 12.2. The van der Waals surface area contributed by atoms with Crippen molar-refractivity contribution in [3.63, 3.8) is 0 Å². The van der Waals surface area contributed by atoms with Crippen molar-refractivity contribution in [1.82, 2.24) is 15.5 Å². The Hall–Kier alpha value is -2.22. The molecule has 7 nitrogen and oxygen atoms in total. The highest BCUT2D eigenvalue weighted by molar-refractivity contribution is 7.13. The predicted molar refractivity (Wildman–Crippen MR) is 87.5 cm³/mol. The number of nitrogens with zero attached hydrogens (tertiary/aromatic N) is 2. The smallest absolute Gasteiger partial charge is 0.305 e. The van der Waals surface area contributed by atoms with Gasteiger partial charge in [-0.05, 0) is 24.3 Å². The molecule has 1 aliphatic carbocycles. The molecule has 1 saturated carbocycles. The Labute approximate surface area is 143 Å². The van der Waals surface area contributed by atoms with E-state index in [2.05, 4.69) is 15.5 Å². The number of aromatic nitrogens is 2. The molecule has 2 N–H and O–H groups in total. The van der Waals surface area contributed by atoms with Crippen LogP contribution in [0.25, 0.3) is 10.7 Å². The van der Waals surface area contributed by atoms with E-state index in [4.69, 9.17) is 9.63 Å². The van der Waals surface area contributed by atoms with Crippen LogP contribution in [0, 0.1) is 0 Å². The van der Waals surface area contributed by atoms with E-state index in [1.165, 1.54) is 11.3 Å². The monoisotopic (exact) mass is 349 g/mol. The molecule has 1 amide bonds. The van der Waals surface area contributed by atoms with Crippen LogP contribution in [0.2, 0.25) is 0 Å². The molecule has 0 aromatic carbocycles. The summed E-state index contributed by atoms with van der Waals surface area (Å²) in [7, 11) is 0. The van der Waals surface area contributed by atoms with Crippen LogP contribution in [-0.4, -0.2) is 32.7 Å². The summed E-state index contributed by atoms with van der Waals surface area (Å²) >= 11 is 1.52. The van der Waals surface area contributed by atoms with Gasteiger partial charge < -0.3 is 14.9 Å². The number of aliphatic carboxylic acids is 1. The molecule has 0 saturated heterocycles. The Morgan fingerprint density at radius 1 is 1.38 bits per heavy atom. The van der Waals surface area contributed by atoms with Crippen LogP contribution in [0.15, 0.2) is 22.0 Å². The third kappa shape index (κ3) is 4.00. The number of amides is 1. The van der Waals surface area contributed by atoms with Crippen LogP contribution in [0.4, 0.5) is 0 Å². The SMILES string of the molecule is O=C(O)CC1(NC(=O)CCc2nc(-c3cccs3)no2)CCCC1. The average Bonchev–Trinajstić information content (AvgIpc) is 3.26. The molecule has 24 heavy (non-hydrogen) atoms. The van der Waals surface area contributed by atoms with Crippen LogP contribution in [-0.2, 0) is 16.0 Å². The van der Waals surface area contributed by atoms with Gasteiger partial charge in [-0.2, -0.15) is 4.98 Å². The van der Waals surface area contributed by atoms with Crippen LogP contribution >= 0.6 is 11.3 Å². The van der Waals surface area contributed by atoms with Gasteiger partial charge in [-0.15, -0.1) is 11.3 Å². The van der Waals surface area contributed by atoms with Gasteiger partial charge in [0.2, 0.25) is 17.6 Å². The molecule has 0 atom stereocenters. The topological polar surface area (TPSA) is 105 Å². The minimum absolute atomic E-state index is 0.0260. The van der Waals surface area contributed by atoms with E-state index in [0.29, 0.717) is 31.0 Å². The van der Waals surface area contributed by atoms with E-state index < -0.39 is 11.5 Å². The lowest BCUT2D eigenvalue weighted by Gasteiger charge is -2.28. The second-order valence-corrected chi connectivity index (χ2v) is 7.04. The summed E-state index contributed by atoms with van der Waals surface area (Å²) in [4.78, 5) is 28.5. The number of carbonyl (C=O) groups excluding carboxylic acids is 1. The van der Waals surface area contributed by atoms with Gasteiger partial charge in [-0.25, -0.2) is 0 Å². The zero-order chi connectivity index (χ0) is 17.0.